The van der Waals surface area contributed by atoms with Crippen LogP contribution in [0.5, 0.6) is 0 Å². The molecule has 0 saturated carbocycles. The molecule has 0 radical (unpaired) electrons. The van der Waals surface area contributed by atoms with E-state index in [0.717, 1.165) is 25.1 Å². The van der Waals surface area contributed by atoms with E-state index in [4.69, 9.17) is 0 Å². The van der Waals surface area contributed by atoms with Crippen molar-refractivity contribution in [3.05, 3.63) is 65.4 Å². The fourth-order valence-electron chi connectivity index (χ4n) is 3.29. The number of carbonyl (C=O) groups excluding carboxylic acids is 1. The van der Waals surface area contributed by atoms with Crippen molar-refractivity contribution in [1.29, 1.82) is 0 Å². The first-order valence-electron chi connectivity index (χ1n) is 8.81. The largest absolute Gasteiger partial charge is 0.416 e. The van der Waals surface area contributed by atoms with E-state index in [1.807, 2.05) is 17.2 Å². The minimum absolute atomic E-state index is 0.146. The fourth-order valence-corrected chi connectivity index (χ4v) is 3.29. The molecule has 2 aliphatic rings. The van der Waals surface area contributed by atoms with Crippen LogP contribution in [0.1, 0.15) is 18.9 Å². The Morgan fingerprint density at radius 1 is 1.37 bits per heavy atom. The molecule has 1 unspecified atom stereocenters. The van der Waals surface area contributed by atoms with Gasteiger partial charge in [0.05, 0.1) is 18.2 Å². The van der Waals surface area contributed by atoms with Crippen LogP contribution >= 0.6 is 0 Å². The number of hydrogen-bond acceptors (Lipinski definition) is 3. The molecular formula is C20H22F3N3O. The molecule has 4 nitrogen and oxygen atoms in total. The zero-order valence-electron chi connectivity index (χ0n) is 15.0. The van der Waals surface area contributed by atoms with Gasteiger partial charge in [-0.15, -0.1) is 0 Å². The highest BCUT2D eigenvalue weighted by Crippen LogP contribution is 2.30. The first-order chi connectivity index (χ1) is 12.8. The van der Waals surface area contributed by atoms with Gasteiger partial charge >= 0.3 is 6.18 Å². The van der Waals surface area contributed by atoms with Crippen molar-refractivity contribution in [3.63, 3.8) is 0 Å². The van der Waals surface area contributed by atoms with Crippen molar-refractivity contribution >= 4 is 11.6 Å². The first-order valence-corrected chi connectivity index (χ1v) is 8.81. The van der Waals surface area contributed by atoms with Gasteiger partial charge in [0.15, 0.2) is 0 Å². The van der Waals surface area contributed by atoms with Crippen LogP contribution in [0, 0.1) is 0 Å². The molecule has 1 amide bonds. The quantitative estimate of drug-likeness (QED) is 0.787. The van der Waals surface area contributed by atoms with Crippen molar-refractivity contribution in [2.75, 3.05) is 25.0 Å². The van der Waals surface area contributed by atoms with Crippen LogP contribution in [-0.2, 0) is 11.0 Å². The molecule has 7 heteroatoms. The van der Waals surface area contributed by atoms with Crippen molar-refractivity contribution in [2.24, 2.45) is 0 Å². The molecule has 0 aromatic heterocycles. The molecule has 0 fully saturated rings. The first kappa shape index (κ1) is 19.2. The van der Waals surface area contributed by atoms with Gasteiger partial charge < -0.3 is 10.6 Å². The summed E-state index contributed by atoms with van der Waals surface area (Å²) in [6.45, 7) is 3.60. The topological polar surface area (TPSA) is 44.4 Å². The van der Waals surface area contributed by atoms with Crippen LogP contribution in [0.4, 0.5) is 18.9 Å². The molecule has 3 rings (SSSR count). The van der Waals surface area contributed by atoms with Crippen molar-refractivity contribution in [1.82, 2.24) is 10.2 Å². The third kappa shape index (κ3) is 5.01. The monoisotopic (exact) mass is 377 g/mol. The molecular weight excluding hydrogens is 355 g/mol. The normalized spacial score (nSPS) is 20.5. The lowest BCUT2D eigenvalue weighted by Crippen LogP contribution is -2.39. The zero-order chi connectivity index (χ0) is 19.4. The second-order valence-corrected chi connectivity index (χ2v) is 6.76. The van der Waals surface area contributed by atoms with Gasteiger partial charge in [0.2, 0.25) is 5.91 Å². The predicted molar refractivity (Wildman–Crippen MR) is 99.0 cm³/mol. The summed E-state index contributed by atoms with van der Waals surface area (Å²) in [5.74, 6) is -0.319. The summed E-state index contributed by atoms with van der Waals surface area (Å²) in [5, 5.41) is 5.89. The number of amides is 1. The maximum atomic E-state index is 12.8. The second kappa shape index (κ2) is 8.00. The molecule has 27 heavy (non-hydrogen) atoms. The van der Waals surface area contributed by atoms with Gasteiger partial charge in [-0.05, 0) is 55.0 Å². The molecule has 2 aliphatic heterocycles. The number of dihydropyridines is 1. The lowest BCUT2D eigenvalue weighted by atomic mass is 9.93. The Bertz CT molecular complexity index is 796. The second-order valence-electron chi connectivity index (χ2n) is 6.76. The SMILES string of the molecule is CC1=CC=CNC1C1=CCN(CC(=O)Nc2cccc(C(F)(F)F)c2)CC1. The molecule has 0 spiro atoms. The van der Waals surface area contributed by atoms with Gasteiger partial charge in [-0.2, -0.15) is 13.2 Å². The average Bonchev–Trinajstić information content (AvgIpc) is 2.62. The Balaban J connectivity index is 1.54. The van der Waals surface area contributed by atoms with Gasteiger partial charge in [0.1, 0.15) is 0 Å². The zero-order valence-corrected chi connectivity index (χ0v) is 15.0. The summed E-state index contributed by atoms with van der Waals surface area (Å²) in [6.07, 6.45) is 4.51. The van der Waals surface area contributed by atoms with Gasteiger partial charge in [-0.25, -0.2) is 0 Å². The van der Waals surface area contributed by atoms with E-state index in [1.54, 1.807) is 0 Å². The molecule has 144 valence electrons. The van der Waals surface area contributed by atoms with Crippen molar-refractivity contribution < 1.29 is 18.0 Å². The number of anilines is 1. The molecule has 2 N–H and O–H groups in total. The van der Waals surface area contributed by atoms with E-state index in [9.17, 15) is 18.0 Å². The number of allylic oxidation sites excluding steroid dienone is 2. The summed E-state index contributed by atoms with van der Waals surface area (Å²) in [4.78, 5) is 14.2. The van der Waals surface area contributed by atoms with E-state index < -0.39 is 11.7 Å². The lowest BCUT2D eigenvalue weighted by Gasteiger charge is -2.31. The molecule has 2 heterocycles. The molecule has 1 aromatic carbocycles. The molecule has 0 bridgehead atoms. The molecule has 0 saturated heterocycles. The standard InChI is InChI=1S/C20H22F3N3O/c1-14-4-3-9-24-19(14)15-7-10-26(11-8-15)13-18(27)25-17-6-2-5-16(12-17)20(21,22)23/h2-7,9,12,19,24H,8,10-11,13H2,1H3,(H,25,27). The number of carbonyl (C=O) groups is 1. The Kier molecular flexibility index (Phi) is 5.70. The number of benzene rings is 1. The van der Waals surface area contributed by atoms with Crippen LogP contribution in [-0.4, -0.2) is 36.5 Å². The van der Waals surface area contributed by atoms with Gasteiger partial charge in [0, 0.05) is 18.8 Å². The Labute approximate surface area is 156 Å². The maximum Gasteiger partial charge on any atom is 0.416 e. The number of halogens is 3. The number of alkyl halides is 3. The highest BCUT2D eigenvalue weighted by molar-refractivity contribution is 5.92. The van der Waals surface area contributed by atoms with Gasteiger partial charge in [-0.1, -0.05) is 18.2 Å². The highest BCUT2D eigenvalue weighted by atomic mass is 19.4. The summed E-state index contributed by atoms with van der Waals surface area (Å²) in [5.41, 5.74) is 1.92. The Hall–Kier alpha value is -2.54. The number of hydrogen-bond donors (Lipinski definition) is 2. The van der Waals surface area contributed by atoms with E-state index in [2.05, 4.69) is 29.7 Å². The Morgan fingerprint density at radius 2 is 2.19 bits per heavy atom. The van der Waals surface area contributed by atoms with Crippen LogP contribution < -0.4 is 10.6 Å². The molecule has 1 atom stereocenters. The van der Waals surface area contributed by atoms with Crippen LogP contribution in [0.3, 0.4) is 0 Å². The van der Waals surface area contributed by atoms with E-state index in [0.29, 0.717) is 6.54 Å². The Morgan fingerprint density at radius 3 is 2.85 bits per heavy atom. The average molecular weight is 377 g/mol. The van der Waals surface area contributed by atoms with Crippen molar-refractivity contribution in [2.45, 2.75) is 25.6 Å². The number of rotatable bonds is 4. The predicted octanol–water partition coefficient (Wildman–Crippen LogP) is 3.71. The molecule has 0 aliphatic carbocycles. The number of nitrogens with one attached hydrogen (secondary N) is 2. The maximum absolute atomic E-state index is 12.8. The fraction of sp³-hybridized carbons (Fsp3) is 0.350. The summed E-state index contributed by atoms with van der Waals surface area (Å²) >= 11 is 0. The van der Waals surface area contributed by atoms with Crippen LogP contribution in [0.2, 0.25) is 0 Å². The van der Waals surface area contributed by atoms with Crippen LogP contribution in [0.15, 0.2) is 59.8 Å². The third-order valence-corrected chi connectivity index (χ3v) is 4.71. The smallest absolute Gasteiger partial charge is 0.381 e. The summed E-state index contributed by atoms with van der Waals surface area (Å²) in [7, 11) is 0. The van der Waals surface area contributed by atoms with Crippen LogP contribution in [0.25, 0.3) is 0 Å². The summed E-state index contributed by atoms with van der Waals surface area (Å²) in [6, 6.07) is 4.88. The minimum Gasteiger partial charge on any atom is -0.381 e. The third-order valence-electron chi connectivity index (χ3n) is 4.71. The summed E-state index contributed by atoms with van der Waals surface area (Å²) < 4.78 is 38.3. The molecule has 1 aromatic rings. The van der Waals surface area contributed by atoms with E-state index >= 15 is 0 Å². The minimum atomic E-state index is -4.43. The van der Waals surface area contributed by atoms with E-state index in [1.165, 1.54) is 23.3 Å². The van der Waals surface area contributed by atoms with E-state index in [-0.39, 0.29) is 24.2 Å². The van der Waals surface area contributed by atoms with Crippen molar-refractivity contribution in [3.8, 4) is 0 Å². The lowest BCUT2D eigenvalue weighted by molar-refractivity contribution is -0.137. The number of nitrogens with zero attached hydrogens (tertiary/aromatic N) is 1. The van der Waals surface area contributed by atoms with Gasteiger partial charge in [0.25, 0.3) is 0 Å². The van der Waals surface area contributed by atoms with Gasteiger partial charge in [-0.3, -0.25) is 9.69 Å². The highest BCUT2D eigenvalue weighted by Gasteiger charge is 2.30.